The van der Waals surface area contributed by atoms with Crippen molar-refractivity contribution in [1.82, 2.24) is 0 Å². The highest BCUT2D eigenvalue weighted by molar-refractivity contribution is 5.98. The molecule has 0 unspecified atom stereocenters. The Balaban J connectivity index is 2.36. The van der Waals surface area contributed by atoms with Crippen LogP contribution in [0.1, 0.15) is 22.3 Å². The second kappa shape index (κ2) is 5.65. The molecule has 20 heavy (non-hydrogen) atoms. The quantitative estimate of drug-likeness (QED) is 0.590. The van der Waals surface area contributed by atoms with E-state index in [0.717, 1.165) is 22.4 Å². The van der Waals surface area contributed by atoms with Crippen molar-refractivity contribution >= 4 is 5.84 Å². The average Bonchev–Trinajstić information content (AvgIpc) is 2.43. The number of hydrogen-bond acceptors (Lipinski definition) is 3. The van der Waals surface area contributed by atoms with Crippen LogP contribution in [0.3, 0.4) is 0 Å². The standard InChI is InChI=1S/C16H18N2O2/c1-10-3-8-13(16(17)18)15(19)14(10)9-11-4-6-12(20-2)7-5-11/h3-8,19H,9H2,1-2H3,(H3,17,18). The molecule has 0 saturated carbocycles. The van der Waals surface area contributed by atoms with Gasteiger partial charge in [-0.3, -0.25) is 5.41 Å². The van der Waals surface area contributed by atoms with Gasteiger partial charge in [0.05, 0.1) is 12.7 Å². The lowest BCUT2D eigenvalue weighted by atomic mass is 9.96. The lowest BCUT2D eigenvalue weighted by molar-refractivity contribution is 0.414. The third kappa shape index (κ3) is 2.74. The van der Waals surface area contributed by atoms with Gasteiger partial charge in [-0.15, -0.1) is 0 Å². The van der Waals surface area contributed by atoms with Gasteiger partial charge in [0.25, 0.3) is 0 Å². The van der Waals surface area contributed by atoms with Crippen molar-refractivity contribution in [2.24, 2.45) is 5.73 Å². The van der Waals surface area contributed by atoms with Crippen LogP contribution < -0.4 is 10.5 Å². The van der Waals surface area contributed by atoms with E-state index >= 15 is 0 Å². The van der Waals surface area contributed by atoms with Gasteiger partial charge in [-0.2, -0.15) is 0 Å². The fourth-order valence-electron chi connectivity index (χ4n) is 2.13. The summed E-state index contributed by atoms with van der Waals surface area (Å²) in [6.07, 6.45) is 0.586. The molecular weight excluding hydrogens is 252 g/mol. The third-order valence-corrected chi connectivity index (χ3v) is 3.35. The summed E-state index contributed by atoms with van der Waals surface area (Å²) in [5.74, 6) is 0.763. The summed E-state index contributed by atoms with van der Waals surface area (Å²) in [5, 5.41) is 17.7. The van der Waals surface area contributed by atoms with Gasteiger partial charge in [0, 0.05) is 12.0 Å². The summed E-state index contributed by atoms with van der Waals surface area (Å²) in [4.78, 5) is 0. The Kier molecular flexibility index (Phi) is 3.94. The first-order valence-corrected chi connectivity index (χ1v) is 6.31. The van der Waals surface area contributed by atoms with Crippen molar-refractivity contribution in [3.8, 4) is 11.5 Å². The molecule has 4 nitrogen and oxygen atoms in total. The van der Waals surface area contributed by atoms with Crippen molar-refractivity contribution in [3.05, 3.63) is 58.7 Å². The predicted molar refractivity (Wildman–Crippen MR) is 79.7 cm³/mol. The number of ether oxygens (including phenoxy) is 1. The minimum atomic E-state index is -0.126. The molecule has 0 radical (unpaired) electrons. The topological polar surface area (TPSA) is 79.3 Å². The summed E-state index contributed by atoms with van der Waals surface area (Å²) >= 11 is 0. The first-order valence-electron chi connectivity index (χ1n) is 6.31. The highest BCUT2D eigenvalue weighted by Crippen LogP contribution is 2.28. The summed E-state index contributed by atoms with van der Waals surface area (Å²) in [5.41, 5.74) is 8.68. The molecule has 2 aromatic carbocycles. The molecule has 0 heterocycles. The van der Waals surface area contributed by atoms with Crippen LogP contribution in [0.5, 0.6) is 11.5 Å². The molecule has 4 N–H and O–H groups in total. The van der Waals surface area contributed by atoms with Gasteiger partial charge < -0.3 is 15.6 Å². The molecule has 0 atom stereocenters. The number of rotatable bonds is 4. The van der Waals surface area contributed by atoms with Crippen LogP contribution in [-0.2, 0) is 6.42 Å². The Morgan fingerprint density at radius 1 is 1.20 bits per heavy atom. The van der Waals surface area contributed by atoms with Crippen LogP contribution in [0.2, 0.25) is 0 Å². The molecule has 2 aromatic rings. The minimum absolute atomic E-state index is 0.0910. The number of methoxy groups -OCH3 is 1. The number of phenolic OH excluding ortho intramolecular Hbond substituents is 1. The SMILES string of the molecule is COc1ccc(Cc2c(C)ccc(C(=N)N)c2O)cc1. The molecule has 0 spiro atoms. The van der Waals surface area contributed by atoms with Crippen LogP contribution in [0.4, 0.5) is 0 Å². The molecule has 4 heteroatoms. The Labute approximate surface area is 118 Å². The Hall–Kier alpha value is -2.49. The Morgan fingerprint density at radius 2 is 1.85 bits per heavy atom. The van der Waals surface area contributed by atoms with E-state index in [4.69, 9.17) is 15.9 Å². The lowest BCUT2D eigenvalue weighted by Gasteiger charge is -2.12. The predicted octanol–water partition coefficient (Wildman–Crippen LogP) is 2.58. The number of nitrogens with one attached hydrogen (secondary N) is 1. The number of aromatic hydroxyl groups is 1. The molecule has 0 amide bonds. The van der Waals surface area contributed by atoms with Gasteiger partial charge in [0.2, 0.25) is 0 Å². The van der Waals surface area contributed by atoms with Gasteiger partial charge in [-0.05, 0) is 36.2 Å². The number of hydrogen-bond donors (Lipinski definition) is 3. The van der Waals surface area contributed by atoms with E-state index in [-0.39, 0.29) is 11.6 Å². The molecule has 0 aromatic heterocycles. The van der Waals surface area contributed by atoms with Crippen molar-refractivity contribution in [3.63, 3.8) is 0 Å². The van der Waals surface area contributed by atoms with E-state index in [1.807, 2.05) is 37.3 Å². The number of phenols is 1. The van der Waals surface area contributed by atoms with Crippen LogP contribution >= 0.6 is 0 Å². The molecule has 2 rings (SSSR count). The Bertz CT molecular complexity index is 634. The number of benzene rings is 2. The van der Waals surface area contributed by atoms with Crippen LogP contribution in [0, 0.1) is 12.3 Å². The normalized spacial score (nSPS) is 10.3. The van der Waals surface area contributed by atoms with E-state index in [2.05, 4.69) is 0 Å². The summed E-state index contributed by atoms with van der Waals surface area (Å²) in [7, 11) is 1.63. The fraction of sp³-hybridized carbons (Fsp3) is 0.188. The van der Waals surface area contributed by atoms with E-state index in [1.165, 1.54) is 0 Å². The summed E-state index contributed by atoms with van der Waals surface area (Å²) in [6, 6.07) is 11.2. The summed E-state index contributed by atoms with van der Waals surface area (Å²) < 4.78 is 5.12. The van der Waals surface area contributed by atoms with Crippen molar-refractivity contribution in [2.75, 3.05) is 7.11 Å². The number of nitrogens with two attached hydrogens (primary N) is 1. The second-order valence-electron chi connectivity index (χ2n) is 4.70. The van der Waals surface area contributed by atoms with E-state index in [0.29, 0.717) is 12.0 Å². The van der Waals surface area contributed by atoms with Crippen molar-refractivity contribution < 1.29 is 9.84 Å². The van der Waals surface area contributed by atoms with Crippen LogP contribution in [-0.4, -0.2) is 18.1 Å². The monoisotopic (exact) mass is 270 g/mol. The second-order valence-corrected chi connectivity index (χ2v) is 4.70. The zero-order valence-corrected chi connectivity index (χ0v) is 11.6. The Morgan fingerprint density at radius 3 is 2.40 bits per heavy atom. The van der Waals surface area contributed by atoms with E-state index in [1.54, 1.807) is 13.2 Å². The minimum Gasteiger partial charge on any atom is -0.507 e. The average molecular weight is 270 g/mol. The highest BCUT2D eigenvalue weighted by Gasteiger charge is 2.12. The van der Waals surface area contributed by atoms with Crippen LogP contribution in [0.15, 0.2) is 36.4 Å². The van der Waals surface area contributed by atoms with Crippen molar-refractivity contribution in [2.45, 2.75) is 13.3 Å². The van der Waals surface area contributed by atoms with E-state index < -0.39 is 0 Å². The van der Waals surface area contributed by atoms with Gasteiger partial charge >= 0.3 is 0 Å². The maximum Gasteiger partial charge on any atom is 0.130 e. The smallest absolute Gasteiger partial charge is 0.130 e. The molecule has 0 saturated heterocycles. The first kappa shape index (κ1) is 13.9. The molecular formula is C16H18N2O2. The number of amidine groups is 1. The zero-order chi connectivity index (χ0) is 14.7. The van der Waals surface area contributed by atoms with Gasteiger partial charge in [-0.25, -0.2) is 0 Å². The third-order valence-electron chi connectivity index (χ3n) is 3.35. The summed E-state index contributed by atoms with van der Waals surface area (Å²) in [6.45, 7) is 1.93. The van der Waals surface area contributed by atoms with Gasteiger partial charge in [-0.1, -0.05) is 18.2 Å². The van der Waals surface area contributed by atoms with Gasteiger partial charge in [0.1, 0.15) is 17.3 Å². The fourth-order valence-corrected chi connectivity index (χ4v) is 2.13. The molecule has 104 valence electrons. The first-order chi connectivity index (χ1) is 9.52. The molecule has 0 aliphatic carbocycles. The molecule has 0 aliphatic heterocycles. The molecule has 0 fully saturated rings. The van der Waals surface area contributed by atoms with Crippen LogP contribution in [0.25, 0.3) is 0 Å². The molecule has 0 bridgehead atoms. The van der Waals surface area contributed by atoms with Crippen molar-refractivity contribution in [1.29, 1.82) is 5.41 Å². The maximum atomic E-state index is 10.3. The zero-order valence-electron chi connectivity index (χ0n) is 11.6. The highest BCUT2D eigenvalue weighted by atomic mass is 16.5. The van der Waals surface area contributed by atoms with Gasteiger partial charge in [0.15, 0.2) is 0 Å². The molecule has 0 aliphatic rings. The largest absolute Gasteiger partial charge is 0.507 e. The number of nitrogen functional groups attached to an aromatic ring is 1. The number of aryl methyl sites for hydroxylation is 1. The lowest BCUT2D eigenvalue weighted by Crippen LogP contribution is -2.12. The van der Waals surface area contributed by atoms with E-state index in [9.17, 15) is 5.11 Å². The maximum absolute atomic E-state index is 10.3.